The number of nitrogen functional groups attached to an aromatic ring is 1. The third-order valence-electron chi connectivity index (χ3n) is 3.85. The molecule has 1 aromatic heterocycles. The molecule has 20 heavy (non-hydrogen) atoms. The van der Waals surface area contributed by atoms with Crippen LogP contribution in [-0.2, 0) is 0 Å². The number of hydrogen-bond donors (Lipinski definition) is 1. The normalized spacial score (nSPS) is 19.4. The van der Waals surface area contributed by atoms with Crippen molar-refractivity contribution in [1.29, 1.82) is 0 Å². The summed E-state index contributed by atoms with van der Waals surface area (Å²) >= 11 is 0. The van der Waals surface area contributed by atoms with Gasteiger partial charge in [-0.15, -0.1) is 0 Å². The van der Waals surface area contributed by atoms with Crippen molar-refractivity contribution in [2.45, 2.75) is 40.0 Å². The highest BCUT2D eigenvalue weighted by Crippen LogP contribution is 2.27. The van der Waals surface area contributed by atoms with Gasteiger partial charge >= 0.3 is 0 Å². The Kier molecular flexibility index (Phi) is 5.10. The van der Waals surface area contributed by atoms with Crippen molar-refractivity contribution in [2.24, 2.45) is 11.8 Å². The number of aromatic nitrogens is 1. The molecular weight excluding hydrogens is 250 g/mol. The molecule has 1 unspecified atom stereocenters. The van der Waals surface area contributed by atoms with E-state index in [1.807, 2.05) is 12.1 Å². The maximum atomic E-state index is 5.95. The molecule has 1 aliphatic rings. The monoisotopic (exact) mass is 277 g/mol. The van der Waals surface area contributed by atoms with Crippen LogP contribution in [0.1, 0.15) is 40.0 Å². The van der Waals surface area contributed by atoms with E-state index < -0.39 is 0 Å². The minimum atomic E-state index is 0.472. The van der Waals surface area contributed by atoms with Crippen molar-refractivity contribution in [3.05, 3.63) is 12.1 Å². The lowest BCUT2D eigenvalue weighted by atomic mass is 9.96. The third-order valence-corrected chi connectivity index (χ3v) is 3.85. The van der Waals surface area contributed by atoms with E-state index in [1.54, 1.807) is 0 Å². The van der Waals surface area contributed by atoms with Crippen LogP contribution < -0.4 is 15.4 Å². The molecule has 0 amide bonds. The molecule has 4 nitrogen and oxygen atoms in total. The molecule has 112 valence electrons. The minimum Gasteiger partial charge on any atom is -0.476 e. The van der Waals surface area contributed by atoms with Gasteiger partial charge in [-0.05, 0) is 36.8 Å². The maximum absolute atomic E-state index is 5.95. The smallest absolute Gasteiger partial charge is 0.239 e. The van der Waals surface area contributed by atoms with Crippen LogP contribution in [-0.4, -0.2) is 24.7 Å². The summed E-state index contributed by atoms with van der Waals surface area (Å²) in [6.45, 7) is 9.33. The molecule has 0 spiro atoms. The zero-order chi connectivity index (χ0) is 14.5. The van der Waals surface area contributed by atoms with Crippen molar-refractivity contribution in [3.8, 4) is 5.88 Å². The Morgan fingerprint density at radius 2 is 2.25 bits per heavy atom. The zero-order valence-corrected chi connectivity index (χ0v) is 12.9. The Balaban J connectivity index is 2.09. The van der Waals surface area contributed by atoms with Crippen LogP contribution in [0.4, 0.5) is 11.5 Å². The second-order valence-electron chi connectivity index (χ2n) is 6.13. The fourth-order valence-electron chi connectivity index (χ4n) is 2.59. The van der Waals surface area contributed by atoms with Crippen LogP contribution in [0.15, 0.2) is 12.1 Å². The van der Waals surface area contributed by atoms with Crippen LogP contribution in [0.3, 0.4) is 0 Å². The quantitative estimate of drug-likeness (QED) is 0.897. The van der Waals surface area contributed by atoms with Gasteiger partial charge in [0.05, 0.1) is 12.3 Å². The SMILES string of the molecule is CCC1CCCN(c2ccc(N)c(OCC(C)C)n2)C1. The summed E-state index contributed by atoms with van der Waals surface area (Å²) < 4.78 is 5.72. The van der Waals surface area contributed by atoms with E-state index in [-0.39, 0.29) is 0 Å². The van der Waals surface area contributed by atoms with Crippen LogP contribution in [0, 0.1) is 11.8 Å². The van der Waals surface area contributed by atoms with E-state index in [0.29, 0.717) is 24.1 Å². The highest BCUT2D eigenvalue weighted by atomic mass is 16.5. The number of nitrogens with two attached hydrogens (primary N) is 1. The first-order valence-electron chi connectivity index (χ1n) is 7.74. The van der Waals surface area contributed by atoms with E-state index in [9.17, 15) is 0 Å². The molecule has 1 aromatic rings. The third kappa shape index (κ3) is 3.78. The average molecular weight is 277 g/mol. The average Bonchev–Trinajstić information content (AvgIpc) is 2.46. The van der Waals surface area contributed by atoms with Gasteiger partial charge in [0.15, 0.2) is 0 Å². The summed E-state index contributed by atoms with van der Waals surface area (Å²) in [7, 11) is 0. The fourth-order valence-corrected chi connectivity index (χ4v) is 2.59. The van der Waals surface area contributed by atoms with Crippen LogP contribution in [0.25, 0.3) is 0 Å². The number of anilines is 2. The molecule has 0 aliphatic carbocycles. The topological polar surface area (TPSA) is 51.4 Å². The largest absolute Gasteiger partial charge is 0.476 e. The van der Waals surface area contributed by atoms with Gasteiger partial charge in [0.2, 0.25) is 5.88 Å². The molecule has 4 heteroatoms. The molecule has 0 bridgehead atoms. The molecule has 2 rings (SSSR count). The van der Waals surface area contributed by atoms with Gasteiger partial charge in [-0.1, -0.05) is 27.2 Å². The molecular formula is C16H27N3O. The molecule has 2 N–H and O–H groups in total. The highest BCUT2D eigenvalue weighted by molar-refractivity contribution is 5.54. The van der Waals surface area contributed by atoms with Gasteiger partial charge in [0.25, 0.3) is 0 Å². The summed E-state index contributed by atoms with van der Waals surface area (Å²) in [6.07, 6.45) is 3.81. The summed E-state index contributed by atoms with van der Waals surface area (Å²) in [4.78, 5) is 6.98. The summed E-state index contributed by atoms with van der Waals surface area (Å²) in [5, 5.41) is 0. The maximum Gasteiger partial charge on any atom is 0.239 e. The van der Waals surface area contributed by atoms with Crippen LogP contribution in [0.2, 0.25) is 0 Å². The lowest BCUT2D eigenvalue weighted by molar-refractivity contribution is 0.263. The summed E-state index contributed by atoms with van der Waals surface area (Å²) in [5.74, 6) is 2.83. The molecule has 2 heterocycles. The lowest BCUT2D eigenvalue weighted by Gasteiger charge is -2.33. The molecule has 0 saturated carbocycles. The number of pyridine rings is 1. The van der Waals surface area contributed by atoms with Gasteiger partial charge in [0, 0.05) is 13.1 Å². The van der Waals surface area contributed by atoms with E-state index in [0.717, 1.165) is 24.8 Å². The number of rotatable bonds is 5. The Labute approximate surface area is 122 Å². The van der Waals surface area contributed by atoms with E-state index >= 15 is 0 Å². The fraction of sp³-hybridized carbons (Fsp3) is 0.688. The predicted molar refractivity (Wildman–Crippen MR) is 84.2 cm³/mol. The lowest BCUT2D eigenvalue weighted by Crippen LogP contribution is -2.35. The van der Waals surface area contributed by atoms with Crippen molar-refractivity contribution < 1.29 is 4.74 Å². The number of nitrogens with zero attached hydrogens (tertiary/aromatic N) is 2. The second kappa shape index (κ2) is 6.82. The van der Waals surface area contributed by atoms with Crippen LogP contribution in [0.5, 0.6) is 5.88 Å². The minimum absolute atomic E-state index is 0.472. The molecule has 1 atom stereocenters. The molecule has 1 saturated heterocycles. The Hall–Kier alpha value is -1.45. The van der Waals surface area contributed by atoms with E-state index in [2.05, 4.69) is 30.7 Å². The van der Waals surface area contributed by atoms with Gasteiger partial charge < -0.3 is 15.4 Å². The molecule has 1 fully saturated rings. The molecule has 0 radical (unpaired) electrons. The predicted octanol–water partition coefficient (Wildman–Crippen LogP) is 3.33. The van der Waals surface area contributed by atoms with E-state index in [1.165, 1.54) is 19.3 Å². The first kappa shape index (κ1) is 14.9. The van der Waals surface area contributed by atoms with Gasteiger partial charge in [-0.2, -0.15) is 4.98 Å². The van der Waals surface area contributed by atoms with Crippen molar-refractivity contribution >= 4 is 11.5 Å². The second-order valence-corrected chi connectivity index (χ2v) is 6.13. The molecule has 1 aliphatic heterocycles. The Morgan fingerprint density at radius 1 is 1.45 bits per heavy atom. The van der Waals surface area contributed by atoms with Gasteiger partial charge in [0.1, 0.15) is 5.82 Å². The van der Waals surface area contributed by atoms with Crippen molar-refractivity contribution in [1.82, 2.24) is 4.98 Å². The van der Waals surface area contributed by atoms with E-state index in [4.69, 9.17) is 10.5 Å². The first-order valence-corrected chi connectivity index (χ1v) is 7.74. The van der Waals surface area contributed by atoms with Gasteiger partial charge in [-0.25, -0.2) is 0 Å². The van der Waals surface area contributed by atoms with Crippen LogP contribution >= 0.6 is 0 Å². The summed E-state index contributed by atoms with van der Waals surface area (Å²) in [6, 6.07) is 3.92. The number of piperidine rings is 1. The highest BCUT2D eigenvalue weighted by Gasteiger charge is 2.20. The van der Waals surface area contributed by atoms with Gasteiger partial charge in [-0.3, -0.25) is 0 Å². The molecule has 0 aromatic carbocycles. The zero-order valence-electron chi connectivity index (χ0n) is 12.9. The Morgan fingerprint density at radius 3 is 2.95 bits per heavy atom. The van der Waals surface area contributed by atoms with Crippen molar-refractivity contribution in [2.75, 3.05) is 30.3 Å². The summed E-state index contributed by atoms with van der Waals surface area (Å²) in [5.41, 5.74) is 6.58. The Bertz CT molecular complexity index is 434. The standard InChI is InChI=1S/C16H27N3O/c1-4-13-6-5-9-19(10-13)15-8-7-14(17)16(18-15)20-11-12(2)3/h7-8,12-13H,4-6,9-11,17H2,1-3H3. The number of ether oxygens (including phenoxy) is 1. The first-order chi connectivity index (χ1) is 9.60. The van der Waals surface area contributed by atoms with Crippen molar-refractivity contribution in [3.63, 3.8) is 0 Å². The number of hydrogen-bond acceptors (Lipinski definition) is 4.